The van der Waals surface area contributed by atoms with Crippen LogP contribution in [0.4, 0.5) is 0 Å². The molecule has 0 aliphatic rings. The van der Waals surface area contributed by atoms with Crippen LogP contribution in [0.1, 0.15) is 17.0 Å². The molecule has 2 heterocycles. The van der Waals surface area contributed by atoms with Crippen LogP contribution < -0.4 is 0 Å². The molecule has 110 valence electrons. The van der Waals surface area contributed by atoms with Gasteiger partial charge in [0.25, 0.3) is 0 Å². The van der Waals surface area contributed by atoms with Gasteiger partial charge in [-0.3, -0.25) is 4.98 Å². The van der Waals surface area contributed by atoms with Crippen molar-refractivity contribution in [2.24, 2.45) is 5.10 Å². The first-order valence-corrected chi connectivity index (χ1v) is 8.06. The van der Waals surface area contributed by atoms with E-state index >= 15 is 0 Å². The molecule has 0 saturated carbocycles. The number of hydrogen-bond acceptors (Lipinski definition) is 5. The summed E-state index contributed by atoms with van der Waals surface area (Å²) in [7, 11) is 0. The summed E-state index contributed by atoms with van der Waals surface area (Å²) in [5, 5.41) is 13.7. The number of nitrogens with zero attached hydrogens (tertiary/aromatic N) is 5. The first kappa shape index (κ1) is 14.5. The second-order valence-electron chi connectivity index (χ2n) is 4.60. The number of hydrogen-bond donors (Lipinski definition) is 0. The van der Waals surface area contributed by atoms with Gasteiger partial charge in [-0.1, -0.05) is 42.1 Å². The lowest BCUT2D eigenvalue weighted by Crippen LogP contribution is -2.01. The zero-order valence-electron chi connectivity index (χ0n) is 12.1. The monoisotopic (exact) mass is 309 g/mol. The minimum absolute atomic E-state index is 0.697. The molecule has 0 bridgehead atoms. The van der Waals surface area contributed by atoms with E-state index in [2.05, 4.69) is 32.4 Å². The van der Waals surface area contributed by atoms with Gasteiger partial charge in [0.05, 0.1) is 6.21 Å². The lowest BCUT2D eigenvalue weighted by atomic mass is 10.1. The molecule has 2 aromatic heterocycles. The second-order valence-corrected chi connectivity index (χ2v) is 5.38. The van der Waals surface area contributed by atoms with Crippen LogP contribution in [0.2, 0.25) is 0 Å². The highest BCUT2D eigenvalue weighted by atomic mass is 32.2. The van der Waals surface area contributed by atoms with Gasteiger partial charge in [-0.25, -0.2) is 0 Å². The first-order chi connectivity index (χ1) is 10.9. The van der Waals surface area contributed by atoms with Crippen molar-refractivity contribution in [2.45, 2.75) is 11.6 Å². The molecule has 3 rings (SSSR count). The Morgan fingerprint density at radius 3 is 2.59 bits per heavy atom. The van der Waals surface area contributed by atoms with E-state index in [1.54, 1.807) is 23.3 Å². The van der Waals surface area contributed by atoms with Gasteiger partial charge in [-0.05, 0) is 29.5 Å². The van der Waals surface area contributed by atoms with Gasteiger partial charge < -0.3 is 0 Å². The summed E-state index contributed by atoms with van der Waals surface area (Å²) < 4.78 is 1.79. The topological polar surface area (TPSA) is 56.0 Å². The third-order valence-electron chi connectivity index (χ3n) is 3.09. The Bertz CT molecular complexity index is 753. The minimum atomic E-state index is 0.697. The lowest BCUT2D eigenvalue weighted by Gasteiger charge is -2.03. The van der Waals surface area contributed by atoms with Crippen LogP contribution in [0.3, 0.4) is 0 Å². The van der Waals surface area contributed by atoms with Crippen LogP contribution >= 0.6 is 11.8 Å². The highest BCUT2D eigenvalue weighted by Gasteiger charge is 2.10. The average Bonchev–Trinajstić information content (AvgIpc) is 2.96. The number of benzene rings is 1. The summed E-state index contributed by atoms with van der Waals surface area (Å²) in [5.41, 5.74) is 2.17. The van der Waals surface area contributed by atoms with Crippen molar-refractivity contribution in [3.05, 3.63) is 71.8 Å². The van der Waals surface area contributed by atoms with Gasteiger partial charge in [0, 0.05) is 18.8 Å². The average molecular weight is 309 g/mol. The predicted octanol–water partition coefficient (Wildman–Crippen LogP) is 2.87. The quantitative estimate of drug-likeness (QED) is 0.537. The second kappa shape index (κ2) is 7.00. The van der Waals surface area contributed by atoms with E-state index in [9.17, 15) is 0 Å². The van der Waals surface area contributed by atoms with Crippen molar-refractivity contribution in [1.29, 1.82) is 0 Å². The molecule has 0 aliphatic heterocycles. The lowest BCUT2D eigenvalue weighted by molar-refractivity contribution is 0.730. The van der Waals surface area contributed by atoms with Gasteiger partial charge in [0.15, 0.2) is 5.82 Å². The van der Waals surface area contributed by atoms with E-state index in [4.69, 9.17) is 0 Å². The molecule has 0 spiro atoms. The van der Waals surface area contributed by atoms with Crippen LogP contribution in [-0.4, -0.2) is 32.3 Å². The molecule has 0 radical (unpaired) electrons. The van der Waals surface area contributed by atoms with Crippen LogP contribution in [0.25, 0.3) is 0 Å². The Labute approximate surface area is 133 Å². The Morgan fingerprint density at radius 2 is 1.86 bits per heavy atom. The fourth-order valence-corrected chi connectivity index (χ4v) is 2.45. The van der Waals surface area contributed by atoms with Crippen molar-refractivity contribution in [1.82, 2.24) is 19.9 Å². The molecule has 0 N–H and O–H groups in total. The van der Waals surface area contributed by atoms with Crippen molar-refractivity contribution in [3.8, 4) is 0 Å². The Balaban J connectivity index is 1.89. The van der Waals surface area contributed by atoms with Crippen LogP contribution in [0.5, 0.6) is 0 Å². The van der Waals surface area contributed by atoms with E-state index in [0.717, 1.165) is 16.5 Å². The maximum Gasteiger partial charge on any atom is 0.211 e. The van der Waals surface area contributed by atoms with Gasteiger partial charge >= 0.3 is 0 Å². The van der Waals surface area contributed by atoms with Crippen molar-refractivity contribution >= 4 is 18.0 Å². The molecule has 22 heavy (non-hydrogen) atoms. The zero-order chi connectivity index (χ0) is 15.2. The molecule has 0 amide bonds. The van der Waals surface area contributed by atoms with Crippen molar-refractivity contribution in [3.63, 3.8) is 0 Å². The highest BCUT2D eigenvalue weighted by Crippen LogP contribution is 2.16. The molecule has 1 aromatic carbocycles. The normalized spacial score (nSPS) is 11.1. The number of pyridine rings is 1. The summed E-state index contributed by atoms with van der Waals surface area (Å²) in [6, 6.07) is 14.0. The molecule has 3 aromatic rings. The molecule has 5 nitrogen and oxygen atoms in total. The zero-order valence-corrected chi connectivity index (χ0v) is 12.9. The smallest absolute Gasteiger partial charge is 0.211 e. The third-order valence-corrected chi connectivity index (χ3v) is 3.71. The first-order valence-electron chi connectivity index (χ1n) is 6.83. The van der Waals surface area contributed by atoms with E-state index in [-0.39, 0.29) is 0 Å². The third kappa shape index (κ3) is 3.40. The Kier molecular flexibility index (Phi) is 4.60. The largest absolute Gasteiger partial charge is 0.265 e. The fourth-order valence-electron chi connectivity index (χ4n) is 2.00. The van der Waals surface area contributed by atoms with Crippen LogP contribution in [0.15, 0.2) is 65.1 Å². The summed E-state index contributed by atoms with van der Waals surface area (Å²) in [4.78, 5) is 4.00. The minimum Gasteiger partial charge on any atom is -0.265 e. The Morgan fingerprint density at radius 1 is 1.09 bits per heavy atom. The molecule has 0 saturated heterocycles. The van der Waals surface area contributed by atoms with Gasteiger partial charge in [0.2, 0.25) is 5.16 Å². The van der Waals surface area contributed by atoms with Crippen LogP contribution in [0, 0.1) is 0 Å². The van der Waals surface area contributed by atoms with E-state index in [0.29, 0.717) is 6.42 Å². The summed E-state index contributed by atoms with van der Waals surface area (Å²) in [6.45, 7) is 0. The molecular formula is C16H15N5S. The standard InChI is InChI=1S/C16H15N5S/c1-22-16-20-19-15(11-13-5-3-2-4-6-13)21(16)18-12-14-7-9-17-10-8-14/h2-10,12H,11H2,1H3/b18-12-. The van der Waals surface area contributed by atoms with E-state index in [1.165, 1.54) is 17.3 Å². The number of aromatic nitrogens is 4. The maximum absolute atomic E-state index is 4.52. The highest BCUT2D eigenvalue weighted by molar-refractivity contribution is 7.98. The number of rotatable bonds is 5. The molecule has 0 atom stereocenters. The summed E-state index contributed by atoms with van der Waals surface area (Å²) >= 11 is 1.53. The van der Waals surface area contributed by atoms with Gasteiger partial charge in [0.1, 0.15) is 0 Å². The van der Waals surface area contributed by atoms with E-state index < -0.39 is 0 Å². The summed E-state index contributed by atoms with van der Waals surface area (Å²) in [5.74, 6) is 0.820. The summed E-state index contributed by atoms with van der Waals surface area (Å²) in [6.07, 6.45) is 7.94. The molecule has 0 unspecified atom stereocenters. The predicted molar refractivity (Wildman–Crippen MR) is 88.3 cm³/mol. The maximum atomic E-state index is 4.52. The van der Waals surface area contributed by atoms with Gasteiger partial charge in [-0.15, -0.1) is 10.2 Å². The van der Waals surface area contributed by atoms with E-state index in [1.807, 2.05) is 36.6 Å². The Hall–Kier alpha value is -2.47. The van der Waals surface area contributed by atoms with Crippen LogP contribution in [-0.2, 0) is 6.42 Å². The van der Waals surface area contributed by atoms with Gasteiger partial charge in [-0.2, -0.15) is 9.78 Å². The molecular weight excluding hydrogens is 294 g/mol. The fraction of sp³-hybridized carbons (Fsp3) is 0.125. The molecule has 6 heteroatoms. The molecule has 0 fully saturated rings. The van der Waals surface area contributed by atoms with Crippen molar-refractivity contribution in [2.75, 3.05) is 6.26 Å². The number of thioether (sulfide) groups is 1. The molecule has 0 aliphatic carbocycles. The van der Waals surface area contributed by atoms with Crippen molar-refractivity contribution < 1.29 is 0 Å². The SMILES string of the molecule is CSc1nnc(Cc2ccccc2)n1/N=C\c1ccncc1.